The van der Waals surface area contributed by atoms with Crippen LogP contribution in [0.1, 0.15) is 17.3 Å². The Morgan fingerprint density at radius 1 is 1.38 bits per heavy atom. The van der Waals surface area contributed by atoms with Crippen molar-refractivity contribution < 1.29 is 19.6 Å². The Labute approximate surface area is 137 Å². The van der Waals surface area contributed by atoms with Gasteiger partial charge in [0.25, 0.3) is 11.6 Å². The van der Waals surface area contributed by atoms with Gasteiger partial charge in [-0.05, 0) is 12.1 Å². The number of nitro groups is 1. The summed E-state index contributed by atoms with van der Waals surface area (Å²) in [4.78, 5) is 34.6. The number of carboxylic acid groups (broad SMARTS) is 1. The van der Waals surface area contributed by atoms with E-state index in [4.69, 9.17) is 5.11 Å². The largest absolute Gasteiger partial charge is 0.481 e. The number of aromatic nitrogens is 2. The molecular weight excluding hydrogens is 316 g/mol. The average molecular weight is 332 g/mol. The minimum absolute atomic E-state index is 0.0374. The van der Waals surface area contributed by atoms with Crippen LogP contribution in [0.15, 0.2) is 36.7 Å². The molecule has 1 unspecified atom stereocenters. The second-order valence-electron chi connectivity index (χ2n) is 5.37. The van der Waals surface area contributed by atoms with E-state index in [1.54, 1.807) is 0 Å². The van der Waals surface area contributed by atoms with Crippen molar-refractivity contribution in [2.24, 2.45) is 5.92 Å². The van der Waals surface area contributed by atoms with Gasteiger partial charge in [-0.15, -0.1) is 0 Å². The van der Waals surface area contributed by atoms with Crippen LogP contribution in [0.3, 0.4) is 0 Å². The molecule has 0 saturated carbocycles. The summed E-state index contributed by atoms with van der Waals surface area (Å²) >= 11 is 0. The molecule has 0 fully saturated rings. The normalized spacial score (nSPS) is 11.8. The van der Waals surface area contributed by atoms with Crippen molar-refractivity contribution in [2.45, 2.75) is 6.92 Å². The van der Waals surface area contributed by atoms with Crippen LogP contribution in [-0.4, -0.2) is 50.2 Å². The van der Waals surface area contributed by atoms with E-state index in [1.807, 2.05) is 0 Å². The maximum atomic E-state index is 12.3. The van der Waals surface area contributed by atoms with Gasteiger partial charge in [-0.1, -0.05) is 6.92 Å². The van der Waals surface area contributed by atoms with Gasteiger partial charge in [0.2, 0.25) is 0 Å². The highest BCUT2D eigenvalue weighted by Gasteiger charge is 2.19. The van der Waals surface area contributed by atoms with Gasteiger partial charge in [-0.3, -0.25) is 19.7 Å². The van der Waals surface area contributed by atoms with E-state index in [1.165, 1.54) is 60.2 Å². The molecule has 1 amide bonds. The molecule has 0 aliphatic rings. The van der Waals surface area contributed by atoms with Crippen LogP contribution in [0.25, 0.3) is 5.69 Å². The molecule has 1 atom stereocenters. The Morgan fingerprint density at radius 3 is 2.54 bits per heavy atom. The van der Waals surface area contributed by atoms with Crippen molar-refractivity contribution in [3.63, 3.8) is 0 Å². The molecule has 0 saturated heterocycles. The van der Waals surface area contributed by atoms with Gasteiger partial charge in [-0.2, -0.15) is 5.10 Å². The Hall–Kier alpha value is -3.23. The first-order chi connectivity index (χ1) is 11.3. The minimum atomic E-state index is -0.976. The third-order valence-electron chi connectivity index (χ3n) is 3.47. The van der Waals surface area contributed by atoms with E-state index in [-0.39, 0.29) is 18.1 Å². The molecule has 0 radical (unpaired) electrons. The molecule has 9 nitrogen and oxygen atoms in total. The maximum Gasteiger partial charge on any atom is 0.308 e. The number of benzene rings is 1. The summed E-state index contributed by atoms with van der Waals surface area (Å²) in [5, 5.41) is 23.6. The number of nitro benzene ring substituents is 1. The van der Waals surface area contributed by atoms with E-state index >= 15 is 0 Å². The first kappa shape index (κ1) is 17.1. The SMILES string of the molecule is CC(CN(C)C(=O)c1cnn(-c2ccc([N+](=O)[O-])cc2)c1)C(=O)O. The molecule has 0 bridgehead atoms. The molecule has 1 heterocycles. The first-order valence-electron chi connectivity index (χ1n) is 7.07. The van der Waals surface area contributed by atoms with E-state index in [2.05, 4.69) is 5.10 Å². The summed E-state index contributed by atoms with van der Waals surface area (Å²) in [6, 6.07) is 5.74. The number of carboxylic acids is 1. The Kier molecular flexibility index (Phi) is 4.93. The van der Waals surface area contributed by atoms with Gasteiger partial charge in [0.05, 0.1) is 28.3 Å². The van der Waals surface area contributed by atoms with Crippen LogP contribution in [0.2, 0.25) is 0 Å². The molecule has 2 aromatic rings. The summed E-state index contributed by atoms with van der Waals surface area (Å²) in [7, 11) is 1.52. The number of nitrogens with zero attached hydrogens (tertiary/aromatic N) is 4. The van der Waals surface area contributed by atoms with Crippen LogP contribution in [-0.2, 0) is 4.79 Å². The van der Waals surface area contributed by atoms with Gasteiger partial charge < -0.3 is 10.0 Å². The fourth-order valence-electron chi connectivity index (χ4n) is 2.09. The lowest BCUT2D eigenvalue weighted by atomic mass is 10.1. The zero-order valence-electron chi connectivity index (χ0n) is 13.1. The predicted octanol–water partition coefficient (Wildman–Crippen LogP) is 1.57. The third-order valence-corrected chi connectivity index (χ3v) is 3.47. The molecule has 2 rings (SSSR count). The number of hydrogen-bond donors (Lipinski definition) is 1. The van der Waals surface area contributed by atoms with E-state index in [0.717, 1.165) is 0 Å². The number of amides is 1. The van der Waals surface area contributed by atoms with Gasteiger partial charge in [0.15, 0.2) is 0 Å². The predicted molar refractivity (Wildman–Crippen MR) is 84.0 cm³/mol. The number of carbonyl (C=O) groups is 2. The average Bonchev–Trinajstić information content (AvgIpc) is 3.03. The van der Waals surface area contributed by atoms with Gasteiger partial charge in [-0.25, -0.2) is 4.68 Å². The minimum Gasteiger partial charge on any atom is -0.481 e. The summed E-state index contributed by atoms with van der Waals surface area (Å²) in [5.41, 5.74) is 0.833. The number of non-ortho nitro benzene ring substituents is 1. The van der Waals surface area contributed by atoms with Crippen molar-refractivity contribution in [3.05, 3.63) is 52.3 Å². The topological polar surface area (TPSA) is 119 Å². The standard InChI is InChI=1S/C15H16N4O5/c1-10(15(21)22)8-17(2)14(20)11-7-16-18(9-11)12-3-5-13(6-4-12)19(23)24/h3-7,9-10H,8H2,1-2H3,(H,21,22). The van der Waals surface area contributed by atoms with Crippen LogP contribution >= 0.6 is 0 Å². The molecule has 126 valence electrons. The van der Waals surface area contributed by atoms with Crippen molar-refractivity contribution in [2.75, 3.05) is 13.6 Å². The Morgan fingerprint density at radius 2 is 2.00 bits per heavy atom. The molecule has 1 aromatic carbocycles. The van der Waals surface area contributed by atoms with Crippen molar-refractivity contribution in [1.82, 2.24) is 14.7 Å². The van der Waals surface area contributed by atoms with Crippen molar-refractivity contribution in [1.29, 1.82) is 0 Å². The molecule has 1 N–H and O–H groups in total. The smallest absolute Gasteiger partial charge is 0.308 e. The van der Waals surface area contributed by atoms with Crippen LogP contribution in [0.4, 0.5) is 5.69 Å². The fraction of sp³-hybridized carbons (Fsp3) is 0.267. The Bertz CT molecular complexity index is 768. The second kappa shape index (κ2) is 6.90. The summed E-state index contributed by atoms with van der Waals surface area (Å²) in [6.45, 7) is 1.60. The van der Waals surface area contributed by atoms with Gasteiger partial charge >= 0.3 is 5.97 Å². The fourth-order valence-corrected chi connectivity index (χ4v) is 2.09. The lowest BCUT2D eigenvalue weighted by molar-refractivity contribution is -0.384. The lowest BCUT2D eigenvalue weighted by Crippen LogP contribution is -2.33. The highest BCUT2D eigenvalue weighted by molar-refractivity contribution is 5.93. The number of carbonyl (C=O) groups excluding carboxylic acids is 1. The zero-order valence-corrected chi connectivity index (χ0v) is 13.1. The highest BCUT2D eigenvalue weighted by Crippen LogP contribution is 2.15. The van der Waals surface area contributed by atoms with E-state index in [9.17, 15) is 19.7 Å². The molecule has 0 aliphatic heterocycles. The molecule has 0 aliphatic carbocycles. The summed E-state index contributed by atoms with van der Waals surface area (Å²) in [5.74, 6) is -2.00. The maximum absolute atomic E-state index is 12.3. The Balaban J connectivity index is 2.13. The number of aliphatic carboxylic acids is 1. The van der Waals surface area contributed by atoms with Gasteiger partial charge in [0, 0.05) is 31.9 Å². The van der Waals surface area contributed by atoms with Crippen molar-refractivity contribution in [3.8, 4) is 5.69 Å². The summed E-state index contributed by atoms with van der Waals surface area (Å²) in [6.07, 6.45) is 2.86. The van der Waals surface area contributed by atoms with E-state index < -0.39 is 16.8 Å². The number of rotatable bonds is 6. The number of hydrogen-bond acceptors (Lipinski definition) is 5. The molecule has 9 heteroatoms. The van der Waals surface area contributed by atoms with Crippen LogP contribution in [0.5, 0.6) is 0 Å². The summed E-state index contributed by atoms with van der Waals surface area (Å²) < 4.78 is 1.42. The van der Waals surface area contributed by atoms with E-state index in [0.29, 0.717) is 11.3 Å². The quantitative estimate of drug-likeness (QED) is 0.633. The third kappa shape index (κ3) is 3.75. The molecule has 0 spiro atoms. The van der Waals surface area contributed by atoms with Crippen LogP contribution < -0.4 is 0 Å². The van der Waals surface area contributed by atoms with Crippen molar-refractivity contribution >= 4 is 17.6 Å². The van der Waals surface area contributed by atoms with Crippen LogP contribution in [0, 0.1) is 16.0 Å². The first-order valence-corrected chi connectivity index (χ1v) is 7.07. The lowest BCUT2D eigenvalue weighted by Gasteiger charge is -2.18. The van der Waals surface area contributed by atoms with Gasteiger partial charge in [0.1, 0.15) is 0 Å². The molecule has 24 heavy (non-hydrogen) atoms. The molecule has 1 aromatic heterocycles. The second-order valence-corrected chi connectivity index (χ2v) is 5.37. The zero-order chi connectivity index (χ0) is 17.9. The highest BCUT2D eigenvalue weighted by atomic mass is 16.6. The molecular formula is C15H16N4O5. The monoisotopic (exact) mass is 332 g/mol.